The van der Waals surface area contributed by atoms with Crippen LogP contribution in [-0.4, -0.2) is 31.5 Å². The Morgan fingerprint density at radius 1 is 1.00 bits per heavy atom. The number of ether oxygens (including phenoxy) is 1. The maximum absolute atomic E-state index is 11.9. The van der Waals surface area contributed by atoms with Gasteiger partial charge in [-0.05, 0) is 56.1 Å². The second kappa shape index (κ2) is 11.0. The van der Waals surface area contributed by atoms with Crippen molar-refractivity contribution in [3.8, 4) is 5.75 Å². The van der Waals surface area contributed by atoms with Crippen molar-refractivity contribution in [3.63, 3.8) is 0 Å². The summed E-state index contributed by atoms with van der Waals surface area (Å²) in [6, 6.07) is 15.1. The van der Waals surface area contributed by atoms with E-state index in [4.69, 9.17) is 10.5 Å². The molecular weight excluding hydrogens is 342 g/mol. The van der Waals surface area contributed by atoms with E-state index in [9.17, 15) is 9.59 Å². The highest BCUT2D eigenvalue weighted by atomic mass is 16.5. The average molecular weight is 369 g/mol. The first-order chi connectivity index (χ1) is 13.1. The Hall–Kier alpha value is -2.86. The molecule has 0 bridgehead atoms. The van der Waals surface area contributed by atoms with Crippen LogP contribution in [0, 0.1) is 6.92 Å². The summed E-state index contributed by atoms with van der Waals surface area (Å²) >= 11 is 0. The van der Waals surface area contributed by atoms with Crippen LogP contribution in [0.5, 0.6) is 5.75 Å². The van der Waals surface area contributed by atoms with Crippen molar-refractivity contribution in [2.75, 3.05) is 25.0 Å². The fraction of sp³-hybridized carbons (Fsp3) is 0.333. The number of benzene rings is 2. The SMILES string of the molecule is Cc1ccc(NC(=O)COc2ccc(CCNC(=O)CCCN)cc2)cc1. The van der Waals surface area contributed by atoms with Gasteiger partial charge in [0.2, 0.25) is 5.91 Å². The molecule has 6 nitrogen and oxygen atoms in total. The normalized spacial score (nSPS) is 10.3. The highest BCUT2D eigenvalue weighted by Crippen LogP contribution is 2.13. The van der Waals surface area contributed by atoms with Gasteiger partial charge in [0.25, 0.3) is 5.91 Å². The maximum Gasteiger partial charge on any atom is 0.262 e. The number of carbonyl (C=O) groups excluding carboxylic acids is 2. The van der Waals surface area contributed by atoms with Crippen molar-refractivity contribution in [3.05, 3.63) is 59.7 Å². The average Bonchev–Trinajstić information content (AvgIpc) is 2.67. The van der Waals surface area contributed by atoms with Crippen LogP contribution in [0.2, 0.25) is 0 Å². The first-order valence-electron chi connectivity index (χ1n) is 9.12. The van der Waals surface area contributed by atoms with Crippen molar-refractivity contribution in [2.45, 2.75) is 26.2 Å². The van der Waals surface area contributed by atoms with E-state index in [1.807, 2.05) is 55.5 Å². The quantitative estimate of drug-likeness (QED) is 0.599. The molecule has 2 aromatic rings. The van der Waals surface area contributed by atoms with Gasteiger partial charge >= 0.3 is 0 Å². The second-order valence-corrected chi connectivity index (χ2v) is 6.34. The van der Waals surface area contributed by atoms with Crippen LogP contribution in [0.3, 0.4) is 0 Å². The number of carbonyl (C=O) groups is 2. The van der Waals surface area contributed by atoms with Crippen molar-refractivity contribution in [2.24, 2.45) is 5.73 Å². The fourth-order valence-electron chi connectivity index (χ4n) is 2.43. The first kappa shape index (κ1) is 20.5. The van der Waals surface area contributed by atoms with Gasteiger partial charge in [0.15, 0.2) is 6.61 Å². The molecule has 0 fully saturated rings. The number of nitrogens with two attached hydrogens (primary N) is 1. The maximum atomic E-state index is 11.9. The van der Waals surface area contributed by atoms with Gasteiger partial charge in [-0.15, -0.1) is 0 Å². The highest BCUT2D eigenvalue weighted by Gasteiger charge is 2.04. The van der Waals surface area contributed by atoms with Crippen LogP contribution >= 0.6 is 0 Å². The lowest BCUT2D eigenvalue weighted by Gasteiger charge is -2.09. The van der Waals surface area contributed by atoms with Gasteiger partial charge < -0.3 is 21.1 Å². The lowest BCUT2D eigenvalue weighted by Crippen LogP contribution is -2.25. The number of anilines is 1. The Balaban J connectivity index is 1.69. The molecule has 0 saturated carbocycles. The number of hydrogen-bond acceptors (Lipinski definition) is 4. The molecule has 0 atom stereocenters. The molecule has 0 heterocycles. The van der Waals surface area contributed by atoms with E-state index in [1.165, 1.54) is 0 Å². The predicted molar refractivity (Wildman–Crippen MR) is 107 cm³/mol. The summed E-state index contributed by atoms with van der Waals surface area (Å²) in [6.45, 7) is 3.05. The van der Waals surface area contributed by atoms with Crippen molar-refractivity contribution in [1.29, 1.82) is 0 Å². The number of hydrogen-bond donors (Lipinski definition) is 3. The summed E-state index contributed by atoms with van der Waals surface area (Å²) in [5, 5.41) is 5.66. The molecule has 2 aromatic carbocycles. The number of amides is 2. The molecule has 0 radical (unpaired) electrons. The summed E-state index contributed by atoms with van der Waals surface area (Å²) < 4.78 is 5.51. The Bertz CT molecular complexity index is 727. The van der Waals surface area contributed by atoms with Gasteiger partial charge in [-0.2, -0.15) is 0 Å². The van der Waals surface area contributed by atoms with Gasteiger partial charge in [0.1, 0.15) is 5.75 Å². The third kappa shape index (κ3) is 7.92. The van der Waals surface area contributed by atoms with Gasteiger partial charge in [-0.25, -0.2) is 0 Å². The third-order valence-electron chi connectivity index (χ3n) is 3.97. The molecule has 144 valence electrons. The van der Waals surface area contributed by atoms with Crippen LogP contribution in [0.15, 0.2) is 48.5 Å². The lowest BCUT2D eigenvalue weighted by atomic mass is 10.1. The zero-order valence-corrected chi connectivity index (χ0v) is 15.7. The van der Waals surface area contributed by atoms with Crippen LogP contribution in [-0.2, 0) is 16.0 Å². The molecule has 2 rings (SSSR count). The largest absolute Gasteiger partial charge is 0.484 e. The van der Waals surface area contributed by atoms with Crippen LogP contribution in [0.25, 0.3) is 0 Å². The van der Waals surface area contributed by atoms with Gasteiger partial charge in [0.05, 0.1) is 0 Å². The molecule has 0 aliphatic rings. The highest BCUT2D eigenvalue weighted by molar-refractivity contribution is 5.91. The van der Waals surface area contributed by atoms with Gasteiger partial charge in [0, 0.05) is 18.7 Å². The minimum Gasteiger partial charge on any atom is -0.484 e. The molecule has 0 spiro atoms. The minimum absolute atomic E-state index is 0.0278. The van der Waals surface area contributed by atoms with Crippen LogP contribution < -0.4 is 21.1 Å². The Morgan fingerprint density at radius 3 is 2.37 bits per heavy atom. The molecular formula is C21H27N3O3. The molecule has 0 unspecified atom stereocenters. The number of nitrogens with one attached hydrogen (secondary N) is 2. The van der Waals surface area contributed by atoms with E-state index < -0.39 is 0 Å². The summed E-state index contributed by atoms with van der Waals surface area (Å²) in [6.07, 6.45) is 1.91. The van der Waals surface area contributed by atoms with E-state index in [2.05, 4.69) is 10.6 Å². The Morgan fingerprint density at radius 2 is 1.70 bits per heavy atom. The zero-order valence-electron chi connectivity index (χ0n) is 15.7. The molecule has 6 heteroatoms. The van der Waals surface area contributed by atoms with E-state index in [1.54, 1.807) is 0 Å². The first-order valence-corrected chi connectivity index (χ1v) is 9.12. The standard InChI is InChI=1S/C21H27N3O3/c1-16-4-8-18(9-5-16)24-21(26)15-27-19-10-6-17(7-11-19)12-14-23-20(25)3-2-13-22/h4-11H,2-3,12-15,22H2,1H3,(H,23,25)(H,24,26). The minimum atomic E-state index is -0.205. The van der Waals surface area contributed by atoms with Crippen molar-refractivity contribution >= 4 is 17.5 Å². The molecule has 0 saturated heterocycles. The van der Waals surface area contributed by atoms with Crippen molar-refractivity contribution < 1.29 is 14.3 Å². The van der Waals surface area contributed by atoms with E-state index in [-0.39, 0.29) is 18.4 Å². The zero-order chi connectivity index (χ0) is 19.5. The third-order valence-corrected chi connectivity index (χ3v) is 3.97. The fourth-order valence-corrected chi connectivity index (χ4v) is 2.43. The molecule has 4 N–H and O–H groups in total. The second-order valence-electron chi connectivity index (χ2n) is 6.34. The molecule has 27 heavy (non-hydrogen) atoms. The monoisotopic (exact) mass is 369 g/mol. The Labute approximate surface area is 160 Å². The molecule has 0 aromatic heterocycles. The smallest absolute Gasteiger partial charge is 0.262 e. The van der Waals surface area contributed by atoms with E-state index in [0.29, 0.717) is 31.7 Å². The predicted octanol–water partition coefficient (Wildman–Crippen LogP) is 2.41. The Kier molecular flexibility index (Phi) is 8.32. The molecule has 2 amide bonds. The van der Waals surface area contributed by atoms with Crippen LogP contribution in [0.4, 0.5) is 5.69 Å². The van der Waals surface area contributed by atoms with Gasteiger partial charge in [-0.3, -0.25) is 9.59 Å². The van der Waals surface area contributed by atoms with E-state index in [0.717, 1.165) is 23.2 Å². The van der Waals surface area contributed by atoms with Crippen LogP contribution in [0.1, 0.15) is 24.0 Å². The van der Waals surface area contributed by atoms with Gasteiger partial charge in [-0.1, -0.05) is 29.8 Å². The summed E-state index contributed by atoms with van der Waals surface area (Å²) in [5.41, 5.74) is 8.36. The van der Waals surface area contributed by atoms with Crippen molar-refractivity contribution in [1.82, 2.24) is 5.32 Å². The molecule has 0 aliphatic heterocycles. The number of aryl methyl sites for hydroxylation is 1. The molecule has 0 aliphatic carbocycles. The summed E-state index contributed by atoms with van der Waals surface area (Å²) in [7, 11) is 0. The topological polar surface area (TPSA) is 93.5 Å². The summed E-state index contributed by atoms with van der Waals surface area (Å²) in [4.78, 5) is 23.5. The lowest BCUT2D eigenvalue weighted by molar-refractivity contribution is -0.121. The van der Waals surface area contributed by atoms with E-state index >= 15 is 0 Å². The summed E-state index contributed by atoms with van der Waals surface area (Å²) in [5.74, 6) is 0.452. The number of rotatable bonds is 10.